The standard InChI is InChI=1S/C12H17BrN2O/c1-15-6-4-12(16,5-7-15)8-11-3-2-10(13)9-14-11/h2-3,9,16H,4-8H2,1H3. The average molecular weight is 285 g/mol. The Morgan fingerprint density at radius 2 is 2.12 bits per heavy atom. The van der Waals surface area contributed by atoms with Gasteiger partial charge in [-0.15, -0.1) is 0 Å². The third kappa shape index (κ3) is 3.03. The van der Waals surface area contributed by atoms with E-state index in [0.29, 0.717) is 6.42 Å². The molecule has 16 heavy (non-hydrogen) atoms. The van der Waals surface area contributed by atoms with Crippen LogP contribution in [0, 0.1) is 0 Å². The summed E-state index contributed by atoms with van der Waals surface area (Å²) in [7, 11) is 2.09. The van der Waals surface area contributed by atoms with E-state index in [1.165, 1.54) is 0 Å². The van der Waals surface area contributed by atoms with Crippen molar-refractivity contribution in [3.63, 3.8) is 0 Å². The third-order valence-corrected chi connectivity index (χ3v) is 3.69. The number of rotatable bonds is 2. The van der Waals surface area contributed by atoms with Gasteiger partial charge in [0.25, 0.3) is 0 Å². The van der Waals surface area contributed by atoms with Crippen LogP contribution in [0.1, 0.15) is 18.5 Å². The average Bonchev–Trinajstić information content (AvgIpc) is 2.27. The maximum absolute atomic E-state index is 10.4. The van der Waals surface area contributed by atoms with E-state index in [1.807, 2.05) is 12.1 Å². The van der Waals surface area contributed by atoms with Gasteiger partial charge in [-0.2, -0.15) is 0 Å². The second kappa shape index (κ2) is 4.82. The highest BCUT2D eigenvalue weighted by atomic mass is 79.9. The van der Waals surface area contributed by atoms with Crippen LogP contribution in [0.15, 0.2) is 22.8 Å². The van der Waals surface area contributed by atoms with E-state index in [2.05, 4.69) is 32.9 Å². The second-order valence-electron chi connectivity index (χ2n) is 4.67. The maximum Gasteiger partial charge on any atom is 0.0727 e. The first-order valence-electron chi connectivity index (χ1n) is 5.59. The Morgan fingerprint density at radius 3 is 2.69 bits per heavy atom. The Balaban J connectivity index is 2.00. The van der Waals surface area contributed by atoms with E-state index in [1.54, 1.807) is 6.20 Å². The van der Waals surface area contributed by atoms with E-state index < -0.39 is 5.60 Å². The van der Waals surface area contributed by atoms with Crippen molar-refractivity contribution in [3.05, 3.63) is 28.5 Å². The van der Waals surface area contributed by atoms with Crippen molar-refractivity contribution >= 4 is 15.9 Å². The summed E-state index contributed by atoms with van der Waals surface area (Å²) in [6.45, 7) is 1.93. The van der Waals surface area contributed by atoms with Crippen LogP contribution in [0.25, 0.3) is 0 Å². The number of nitrogens with zero attached hydrogens (tertiary/aromatic N) is 2. The molecular weight excluding hydrogens is 268 g/mol. The Hall–Kier alpha value is -0.450. The van der Waals surface area contributed by atoms with E-state index in [-0.39, 0.29) is 0 Å². The Kier molecular flexibility index (Phi) is 3.62. The van der Waals surface area contributed by atoms with E-state index in [0.717, 1.165) is 36.1 Å². The van der Waals surface area contributed by atoms with Crippen LogP contribution in [0.5, 0.6) is 0 Å². The molecule has 1 saturated heterocycles. The lowest BCUT2D eigenvalue weighted by Gasteiger charge is -2.36. The molecule has 2 heterocycles. The summed E-state index contributed by atoms with van der Waals surface area (Å²) in [4.78, 5) is 6.57. The van der Waals surface area contributed by atoms with Crippen molar-refractivity contribution < 1.29 is 5.11 Å². The first kappa shape index (κ1) is 12.0. The zero-order valence-corrected chi connectivity index (χ0v) is 11.1. The highest BCUT2D eigenvalue weighted by molar-refractivity contribution is 9.10. The Morgan fingerprint density at radius 1 is 1.44 bits per heavy atom. The van der Waals surface area contributed by atoms with Gasteiger partial charge >= 0.3 is 0 Å². The molecule has 0 unspecified atom stereocenters. The molecule has 0 saturated carbocycles. The minimum Gasteiger partial charge on any atom is -0.389 e. The molecule has 0 radical (unpaired) electrons. The van der Waals surface area contributed by atoms with Crippen LogP contribution >= 0.6 is 15.9 Å². The molecule has 1 aromatic rings. The number of halogens is 1. The molecule has 3 nitrogen and oxygen atoms in total. The summed E-state index contributed by atoms with van der Waals surface area (Å²) in [6.07, 6.45) is 4.12. The first-order chi connectivity index (χ1) is 7.57. The van der Waals surface area contributed by atoms with Gasteiger partial charge in [-0.25, -0.2) is 0 Å². The molecule has 1 N–H and O–H groups in total. The molecule has 0 spiro atoms. The lowest BCUT2D eigenvalue weighted by atomic mass is 9.87. The maximum atomic E-state index is 10.4. The SMILES string of the molecule is CN1CCC(O)(Cc2ccc(Br)cn2)CC1. The van der Waals surface area contributed by atoms with Crippen molar-refractivity contribution in [1.29, 1.82) is 0 Å². The number of hydrogen-bond acceptors (Lipinski definition) is 3. The summed E-state index contributed by atoms with van der Waals surface area (Å²) in [5.74, 6) is 0. The third-order valence-electron chi connectivity index (χ3n) is 3.22. The number of pyridine rings is 1. The second-order valence-corrected chi connectivity index (χ2v) is 5.59. The van der Waals surface area contributed by atoms with Crippen molar-refractivity contribution in [2.75, 3.05) is 20.1 Å². The summed E-state index contributed by atoms with van der Waals surface area (Å²) < 4.78 is 0.978. The van der Waals surface area contributed by atoms with Gasteiger partial charge in [0.2, 0.25) is 0 Å². The highest BCUT2D eigenvalue weighted by Gasteiger charge is 2.31. The van der Waals surface area contributed by atoms with Crippen LogP contribution in [0.4, 0.5) is 0 Å². The molecule has 4 heteroatoms. The highest BCUT2D eigenvalue weighted by Crippen LogP contribution is 2.25. The zero-order chi connectivity index (χ0) is 11.6. The van der Waals surface area contributed by atoms with Crippen molar-refractivity contribution in [2.45, 2.75) is 24.9 Å². The van der Waals surface area contributed by atoms with E-state index >= 15 is 0 Å². The Labute approximate surface area is 105 Å². The summed E-state index contributed by atoms with van der Waals surface area (Å²) in [5.41, 5.74) is 0.406. The number of aromatic nitrogens is 1. The summed E-state index contributed by atoms with van der Waals surface area (Å²) >= 11 is 3.36. The molecule has 0 aliphatic carbocycles. The van der Waals surface area contributed by atoms with Crippen molar-refractivity contribution in [3.8, 4) is 0 Å². The monoisotopic (exact) mass is 284 g/mol. The normalized spacial score (nSPS) is 20.9. The van der Waals surface area contributed by atoms with Crippen LogP contribution < -0.4 is 0 Å². The van der Waals surface area contributed by atoms with Gasteiger partial charge in [0.1, 0.15) is 0 Å². The minimum atomic E-state index is -0.562. The summed E-state index contributed by atoms with van der Waals surface area (Å²) in [5, 5.41) is 10.4. The van der Waals surface area contributed by atoms with Crippen molar-refractivity contribution in [1.82, 2.24) is 9.88 Å². The number of hydrogen-bond donors (Lipinski definition) is 1. The molecule has 2 rings (SSSR count). The molecule has 0 atom stereocenters. The fourth-order valence-electron chi connectivity index (χ4n) is 2.06. The van der Waals surface area contributed by atoms with Gasteiger partial charge in [-0.1, -0.05) is 0 Å². The largest absolute Gasteiger partial charge is 0.389 e. The lowest BCUT2D eigenvalue weighted by molar-refractivity contribution is -0.0157. The number of piperidine rings is 1. The Bertz CT molecular complexity index is 345. The summed E-state index contributed by atoms with van der Waals surface area (Å²) in [6, 6.07) is 3.95. The fraction of sp³-hybridized carbons (Fsp3) is 0.583. The van der Waals surface area contributed by atoms with E-state index in [4.69, 9.17) is 0 Å². The number of likely N-dealkylation sites (tertiary alicyclic amines) is 1. The molecule has 1 aliphatic heterocycles. The molecule has 88 valence electrons. The fourth-order valence-corrected chi connectivity index (χ4v) is 2.29. The van der Waals surface area contributed by atoms with Gasteiger partial charge in [-0.05, 0) is 48.0 Å². The molecule has 0 amide bonds. The predicted octanol–water partition coefficient (Wildman–Crippen LogP) is 1.84. The van der Waals surface area contributed by atoms with E-state index in [9.17, 15) is 5.11 Å². The van der Waals surface area contributed by atoms with Gasteiger partial charge in [-0.3, -0.25) is 4.98 Å². The molecule has 1 fully saturated rings. The quantitative estimate of drug-likeness (QED) is 0.901. The molecule has 1 aromatic heterocycles. The lowest BCUT2D eigenvalue weighted by Crippen LogP contribution is -2.44. The van der Waals surface area contributed by atoms with Gasteiger partial charge in [0, 0.05) is 35.9 Å². The predicted molar refractivity (Wildman–Crippen MR) is 67.3 cm³/mol. The van der Waals surface area contributed by atoms with Gasteiger partial charge < -0.3 is 10.0 Å². The molecule has 0 aromatic carbocycles. The first-order valence-corrected chi connectivity index (χ1v) is 6.38. The number of aliphatic hydroxyl groups is 1. The molecule has 0 bridgehead atoms. The van der Waals surface area contributed by atoms with Gasteiger partial charge in [0.05, 0.1) is 5.60 Å². The van der Waals surface area contributed by atoms with Gasteiger partial charge in [0.15, 0.2) is 0 Å². The van der Waals surface area contributed by atoms with Crippen LogP contribution in [-0.2, 0) is 6.42 Å². The smallest absolute Gasteiger partial charge is 0.0727 e. The van der Waals surface area contributed by atoms with Crippen LogP contribution in [0.3, 0.4) is 0 Å². The zero-order valence-electron chi connectivity index (χ0n) is 9.49. The minimum absolute atomic E-state index is 0.562. The van der Waals surface area contributed by atoms with Crippen LogP contribution in [-0.4, -0.2) is 40.7 Å². The molecule has 1 aliphatic rings. The topological polar surface area (TPSA) is 36.4 Å². The van der Waals surface area contributed by atoms with Crippen LogP contribution in [0.2, 0.25) is 0 Å². The molecular formula is C12H17BrN2O. The van der Waals surface area contributed by atoms with Crippen molar-refractivity contribution in [2.24, 2.45) is 0 Å².